The molecule has 0 saturated heterocycles. The second-order valence-corrected chi connectivity index (χ2v) is 4.28. The van der Waals surface area contributed by atoms with Crippen LogP contribution in [0, 0.1) is 13.8 Å². The molecule has 0 aliphatic heterocycles. The zero-order chi connectivity index (χ0) is 13.0. The molecule has 0 amide bonds. The third-order valence-electron chi connectivity index (χ3n) is 2.76. The van der Waals surface area contributed by atoms with Crippen LogP contribution in [0.5, 0.6) is 0 Å². The van der Waals surface area contributed by atoms with Gasteiger partial charge < -0.3 is 5.32 Å². The predicted octanol–water partition coefficient (Wildman–Crippen LogP) is 2.99. The number of aromatic nitrogens is 2. The van der Waals surface area contributed by atoms with Crippen LogP contribution in [0.15, 0.2) is 43.4 Å². The molecule has 0 bridgehead atoms. The van der Waals surface area contributed by atoms with E-state index in [2.05, 4.69) is 40.9 Å². The van der Waals surface area contributed by atoms with Gasteiger partial charge in [0.15, 0.2) is 0 Å². The van der Waals surface area contributed by atoms with Gasteiger partial charge in [0.25, 0.3) is 0 Å². The Morgan fingerprint density at radius 1 is 1.28 bits per heavy atom. The molecular formula is C15H17N3. The van der Waals surface area contributed by atoms with Crippen LogP contribution in [-0.4, -0.2) is 9.97 Å². The van der Waals surface area contributed by atoms with Crippen LogP contribution < -0.4 is 5.32 Å². The highest BCUT2D eigenvalue weighted by Crippen LogP contribution is 2.21. The number of hydrogen-bond acceptors (Lipinski definition) is 3. The Balaban J connectivity index is 2.32. The highest BCUT2D eigenvalue weighted by molar-refractivity contribution is 5.62. The number of nitrogens with zero attached hydrogens (tertiary/aromatic N) is 2. The van der Waals surface area contributed by atoms with Crippen molar-refractivity contribution in [3.05, 3.63) is 60.2 Å². The summed E-state index contributed by atoms with van der Waals surface area (Å²) in [5.74, 6) is 0. The van der Waals surface area contributed by atoms with Crippen LogP contribution in [-0.2, 0) is 6.54 Å². The summed E-state index contributed by atoms with van der Waals surface area (Å²) in [4.78, 5) is 8.74. The van der Waals surface area contributed by atoms with E-state index in [0.717, 1.165) is 29.1 Å². The Bertz CT molecular complexity index is 561. The average Bonchev–Trinajstić information content (AvgIpc) is 2.36. The Morgan fingerprint density at radius 3 is 2.78 bits per heavy atom. The van der Waals surface area contributed by atoms with Gasteiger partial charge in [0.2, 0.25) is 0 Å². The lowest BCUT2D eigenvalue weighted by Crippen LogP contribution is -2.04. The normalized spacial score (nSPS) is 10.1. The lowest BCUT2D eigenvalue weighted by Gasteiger charge is -2.08. The van der Waals surface area contributed by atoms with Gasteiger partial charge in [0.1, 0.15) is 0 Å². The average molecular weight is 239 g/mol. The van der Waals surface area contributed by atoms with E-state index in [1.54, 1.807) is 6.20 Å². The van der Waals surface area contributed by atoms with Crippen molar-refractivity contribution in [3.8, 4) is 11.3 Å². The molecule has 0 radical (unpaired) electrons. The minimum Gasteiger partial charge on any atom is -0.387 e. The number of pyridine rings is 2. The molecule has 0 spiro atoms. The van der Waals surface area contributed by atoms with Crippen LogP contribution in [0.3, 0.4) is 0 Å². The van der Waals surface area contributed by atoms with Crippen LogP contribution in [0.4, 0.5) is 0 Å². The molecule has 2 heterocycles. The van der Waals surface area contributed by atoms with E-state index in [1.165, 1.54) is 5.56 Å². The quantitative estimate of drug-likeness (QED) is 0.891. The van der Waals surface area contributed by atoms with Gasteiger partial charge in [0.05, 0.1) is 5.69 Å². The molecule has 18 heavy (non-hydrogen) atoms. The maximum absolute atomic E-state index is 4.54. The number of nitrogens with one attached hydrogen (secondary N) is 1. The smallest absolute Gasteiger partial charge is 0.0732 e. The number of aryl methyl sites for hydroxylation is 2. The molecule has 0 atom stereocenters. The maximum atomic E-state index is 4.54. The minimum atomic E-state index is 0.757. The van der Waals surface area contributed by atoms with Gasteiger partial charge in [0, 0.05) is 30.2 Å². The van der Waals surface area contributed by atoms with Gasteiger partial charge in [-0.2, -0.15) is 0 Å². The largest absolute Gasteiger partial charge is 0.387 e. The van der Waals surface area contributed by atoms with Gasteiger partial charge in [-0.15, -0.1) is 0 Å². The van der Waals surface area contributed by atoms with Crippen molar-refractivity contribution in [2.24, 2.45) is 0 Å². The van der Waals surface area contributed by atoms with Crippen molar-refractivity contribution in [1.29, 1.82) is 0 Å². The molecule has 0 unspecified atom stereocenters. The van der Waals surface area contributed by atoms with Crippen LogP contribution in [0.25, 0.3) is 11.3 Å². The standard InChI is InChI=1S/C15H17N3/c1-4-16-9-13-7-11(2)15(18-10-13)14-5-6-17-12(3)8-14/h4-8,10,16H,1,9H2,2-3H3. The molecule has 0 aromatic carbocycles. The van der Waals surface area contributed by atoms with E-state index in [-0.39, 0.29) is 0 Å². The zero-order valence-corrected chi connectivity index (χ0v) is 10.8. The molecule has 0 fully saturated rings. The monoisotopic (exact) mass is 239 g/mol. The molecule has 3 nitrogen and oxygen atoms in total. The maximum Gasteiger partial charge on any atom is 0.0732 e. The van der Waals surface area contributed by atoms with Crippen molar-refractivity contribution in [2.45, 2.75) is 20.4 Å². The van der Waals surface area contributed by atoms with Gasteiger partial charge in [-0.1, -0.05) is 12.6 Å². The topological polar surface area (TPSA) is 37.8 Å². The summed E-state index contributed by atoms with van der Waals surface area (Å²) < 4.78 is 0. The molecule has 0 aliphatic rings. The molecule has 92 valence electrons. The fraction of sp³-hybridized carbons (Fsp3) is 0.200. The van der Waals surface area contributed by atoms with E-state index in [1.807, 2.05) is 25.4 Å². The second-order valence-electron chi connectivity index (χ2n) is 4.28. The summed E-state index contributed by atoms with van der Waals surface area (Å²) in [7, 11) is 0. The number of hydrogen-bond donors (Lipinski definition) is 1. The lowest BCUT2D eigenvalue weighted by molar-refractivity contribution is 0.864. The summed E-state index contributed by atoms with van der Waals surface area (Å²) in [6.07, 6.45) is 5.41. The summed E-state index contributed by atoms with van der Waals surface area (Å²) in [6, 6.07) is 6.19. The second kappa shape index (κ2) is 5.45. The summed E-state index contributed by atoms with van der Waals surface area (Å²) in [5.41, 5.74) is 5.46. The van der Waals surface area contributed by atoms with Crippen LogP contribution >= 0.6 is 0 Å². The summed E-state index contributed by atoms with van der Waals surface area (Å²) in [5, 5.41) is 3.07. The van der Waals surface area contributed by atoms with E-state index in [4.69, 9.17) is 0 Å². The fourth-order valence-corrected chi connectivity index (χ4v) is 1.91. The summed E-state index contributed by atoms with van der Waals surface area (Å²) >= 11 is 0. The lowest BCUT2D eigenvalue weighted by atomic mass is 10.1. The van der Waals surface area contributed by atoms with Gasteiger partial charge in [-0.3, -0.25) is 9.97 Å². The Labute approximate surface area is 108 Å². The van der Waals surface area contributed by atoms with E-state index in [0.29, 0.717) is 0 Å². The molecule has 2 aromatic rings. The van der Waals surface area contributed by atoms with E-state index < -0.39 is 0 Å². The summed E-state index contributed by atoms with van der Waals surface area (Å²) in [6.45, 7) is 8.46. The Hall–Kier alpha value is -2.16. The van der Waals surface area contributed by atoms with Crippen molar-refractivity contribution >= 4 is 0 Å². The first-order valence-corrected chi connectivity index (χ1v) is 5.93. The fourth-order valence-electron chi connectivity index (χ4n) is 1.91. The molecule has 1 N–H and O–H groups in total. The van der Waals surface area contributed by atoms with Gasteiger partial charge >= 0.3 is 0 Å². The third-order valence-corrected chi connectivity index (χ3v) is 2.76. The molecular weight excluding hydrogens is 222 g/mol. The van der Waals surface area contributed by atoms with Crippen molar-refractivity contribution in [1.82, 2.24) is 15.3 Å². The molecule has 0 aliphatic carbocycles. The van der Waals surface area contributed by atoms with Crippen LogP contribution in [0.1, 0.15) is 16.8 Å². The van der Waals surface area contributed by atoms with Crippen molar-refractivity contribution < 1.29 is 0 Å². The molecule has 2 aromatic heterocycles. The first kappa shape index (κ1) is 12.3. The SMILES string of the molecule is C=CNCc1cnc(-c2ccnc(C)c2)c(C)c1. The van der Waals surface area contributed by atoms with Crippen LogP contribution in [0.2, 0.25) is 0 Å². The van der Waals surface area contributed by atoms with Gasteiger partial charge in [-0.05, 0) is 43.3 Å². The number of rotatable bonds is 4. The zero-order valence-electron chi connectivity index (χ0n) is 10.8. The highest BCUT2D eigenvalue weighted by Gasteiger charge is 2.05. The van der Waals surface area contributed by atoms with E-state index >= 15 is 0 Å². The molecule has 3 heteroatoms. The Morgan fingerprint density at radius 2 is 2.11 bits per heavy atom. The van der Waals surface area contributed by atoms with Crippen molar-refractivity contribution in [2.75, 3.05) is 0 Å². The molecule has 0 saturated carbocycles. The predicted molar refractivity (Wildman–Crippen MR) is 74.0 cm³/mol. The van der Waals surface area contributed by atoms with E-state index in [9.17, 15) is 0 Å². The van der Waals surface area contributed by atoms with Gasteiger partial charge in [-0.25, -0.2) is 0 Å². The highest BCUT2D eigenvalue weighted by atomic mass is 14.8. The third kappa shape index (κ3) is 2.74. The Kier molecular flexibility index (Phi) is 3.72. The van der Waals surface area contributed by atoms with Crippen molar-refractivity contribution in [3.63, 3.8) is 0 Å². The molecule has 2 rings (SSSR count). The first-order chi connectivity index (χ1) is 8.70. The first-order valence-electron chi connectivity index (χ1n) is 5.93. The minimum absolute atomic E-state index is 0.757.